The number of carbonyl (C=O) groups excluding carboxylic acids is 1. The molecular weight excluding hydrogens is 508 g/mol. The zero-order valence-corrected chi connectivity index (χ0v) is 25.1. The second-order valence-corrected chi connectivity index (χ2v) is 13.5. The van der Waals surface area contributed by atoms with Crippen LogP contribution in [0.5, 0.6) is 0 Å². The molecule has 1 aromatic carbocycles. The highest BCUT2D eigenvalue weighted by molar-refractivity contribution is 5.97. The SMILES string of the molecule is CCC(=O)[C@@]1(C#CCO)CC[C@H]2[C@@H]3CC(C)C4=C/C(=N/O)CCC4=C3[C@@H](c3ccc(N4CCCCC4)cc3)C[C@@]21C. The van der Waals surface area contributed by atoms with Crippen molar-refractivity contribution in [2.24, 2.45) is 33.7 Å². The normalized spacial score (nSPS) is 35.7. The Hall–Kier alpha value is -2.84. The van der Waals surface area contributed by atoms with Gasteiger partial charge in [-0.3, -0.25) is 4.79 Å². The second-order valence-electron chi connectivity index (χ2n) is 13.5. The van der Waals surface area contributed by atoms with E-state index in [4.69, 9.17) is 0 Å². The Kier molecular flexibility index (Phi) is 7.66. The summed E-state index contributed by atoms with van der Waals surface area (Å²) in [5.41, 5.74) is 6.87. The molecule has 1 aromatic rings. The summed E-state index contributed by atoms with van der Waals surface area (Å²) in [6.45, 7) is 8.70. The molecule has 1 saturated heterocycles. The first-order valence-electron chi connectivity index (χ1n) is 16.0. The number of Topliss-reactive ketones (excluding diaryl/α,β-unsaturated/α-hetero) is 1. The van der Waals surface area contributed by atoms with E-state index in [9.17, 15) is 15.1 Å². The number of anilines is 1. The third-order valence-corrected chi connectivity index (χ3v) is 11.6. The molecule has 4 aliphatic carbocycles. The van der Waals surface area contributed by atoms with Crippen LogP contribution >= 0.6 is 0 Å². The molecule has 218 valence electrons. The number of aliphatic hydroxyl groups is 1. The van der Waals surface area contributed by atoms with Crippen LogP contribution in [0.1, 0.15) is 96.5 Å². The highest BCUT2D eigenvalue weighted by Gasteiger charge is 2.65. The molecule has 0 spiro atoms. The highest BCUT2D eigenvalue weighted by Crippen LogP contribution is 2.70. The van der Waals surface area contributed by atoms with Crippen molar-refractivity contribution in [1.82, 2.24) is 0 Å². The zero-order chi connectivity index (χ0) is 28.8. The average Bonchev–Trinajstić information content (AvgIpc) is 3.32. The molecule has 0 amide bonds. The van der Waals surface area contributed by atoms with Crippen LogP contribution in [0.3, 0.4) is 0 Å². The first-order chi connectivity index (χ1) is 19.9. The Bertz CT molecular complexity index is 1340. The molecule has 3 fully saturated rings. The number of nitrogens with zero attached hydrogens (tertiary/aromatic N) is 2. The van der Waals surface area contributed by atoms with Crippen molar-refractivity contribution in [3.8, 4) is 11.8 Å². The number of ketones is 1. The molecule has 2 N–H and O–H groups in total. The largest absolute Gasteiger partial charge is 0.411 e. The molecule has 2 saturated carbocycles. The Morgan fingerprint density at radius 3 is 2.59 bits per heavy atom. The fraction of sp³-hybridized carbons (Fsp3) is 0.611. The first kappa shape index (κ1) is 28.3. The molecule has 1 heterocycles. The minimum Gasteiger partial charge on any atom is -0.411 e. The lowest BCUT2D eigenvalue weighted by Gasteiger charge is -2.55. The van der Waals surface area contributed by atoms with Gasteiger partial charge in [0.05, 0.1) is 11.1 Å². The summed E-state index contributed by atoms with van der Waals surface area (Å²) in [4.78, 5) is 16.4. The van der Waals surface area contributed by atoms with E-state index in [1.807, 2.05) is 6.92 Å². The summed E-state index contributed by atoms with van der Waals surface area (Å²) >= 11 is 0. The molecule has 5 aliphatic rings. The number of benzene rings is 1. The van der Waals surface area contributed by atoms with E-state index in [0.29, 0.717) is 24.2 Å². The van der Waals surface area contributed by atoms with Gasteiger partial charge in [-0.15, -0.1) is 0 Å². The van der Waals surface area contributed by atoms with Gasteiger partial charge in [-0.05, 0) is 116 Å². The van der Waals surface area contributed by atoms with Crippen molar-refractivity contribution in [3.05, 3.63) is 52.6 Å². The third kappa shape index (κ3) is 4.49. The van der Waals surface area contributed by atoms with Gasteiger partial charge in [0.2, 0.25) is 0 Å². The molecular formula is C36H46N2O3. The summed E-state index contributed by atoms with van der Waals surface area (Å²) in [5, 5.41) is 22.9. The van der Waals surface area contributed by atoms with Gasteiger partial charge in [0.1, 0.15) is 6.61 Å². The topological polar surface area (TPSA) is 73.1 Å². The summed E-state index contributed by atoms with van der Waals surface area (Å²) in [7, 11) is 0. The van der Waals surface area contributed by atoms with Crippen LogP contribution in [0.25, 0.3) is 0 Å². The summed E-state index contributed by atoms with van der Waals surface area (Å²) in [5.74, 6) is 7.99. The minimum atomic E-state index is -0.708. The standard InChI is InChI=1S/C36H46N2O3/c1-4-33(40)36(16-8-20-39)17-15-32-30-21-24(2)29-22-26(37-41)11-14-28(29)34(30)31(23-35(32,36)3)25-9-12-27(13-10-25)38-18-6-5-7-19-38/h9-10,12-13,22,24,30-32,39,41H,4-7,11,14-15,17-21,23H2,1-3H3/b37-26+/t24?,30-,31+,32-,35-,36+/m0/s1. The monoisotopic (exact) mass is 554 g/mol. The minimum absolute atomic E-state index is 0.209. The number of oxime groups is 1. The van der Waals surface area contributed by atoms with Crippen molar-refractivity contribution in [1.29, 1.82) is 0 Å². The van der Waals surface area contributed by atoms with Crippen LogP contribution in [0.2, 0.25) is 0 Å². The number of hydrogen-bond donors (Lipinski definition) is 2. The molecule has 5 nitrogen and oxygen atoms in total. The van der Waals surface area contributed by atoms with E-state index in [-0.39, 0.29) is 23.7 Å². The van der Waals surface area contributed by atoms with Gasteiger partial charge in [0.15, 0.2) is 5.78 Å². The Morgan fingerprint density at radius 2 is 1.90 bits per heavy atom. The second kappa shape index (κ2) is 11.1. The fourth-order valence-corrected chi connectivity index (χ4v) is 9.66. The molecule has 0 bridgehead atoms. The molecule has 1 aliphatic heterocycles. The third-order valence-electron chi connectivity index (χ3n) is 11.6. The van der Waals surface area contributed by atoms with Gasteiger partial charge in [-0.2, -0.15) is 0 Å². The number of carbonyl (C=O) groups is 1. The highest BCUT2D eigenvalue weighted by atomic mass is 16.4. The lowest BCUT2D eigenvalue weighted by atomic mass is 9.47. The van der Waals surface area contributed by atoms with E-state index in [0.717, 1.165) is 57.3 Å². The molecule has 6 rings (SSSR count). The number of fused-ring (bicyclic) bond motifs is 4. The van der Waals surface area contributed by atoms with Crippen molar-refractivity contribution in [2.75, 3.05) is 24.6 Å². The number of piperidine rings is 1. The van der Waals surface area contributed by atoms with Gasteiger partial charge in [0.25, 0.3) is 0 Å². The predicted molar refractivity (Wildman–Crippen MR) is 164 cm³/mol. The molecule has 41 heavy (non-hydrogen) atoms. The van der Waals surface area contributed by atoms with Crippen LogP contribution in [0, 0.1) is 40.4 Å². The van der Waals surface area contributed by atoms with E-state index < -0.39 is 5.41 Å². The van der Waals surface area contributed by atoms with Crippen molar-refractivity contribution >= 4 is 17.2 Å². The Morgan fingerprint density at radius 1 is 1.15 bits per heavy atom. The van der Waals surface area contributed by atoms with Crippen LogP contribution < -0.4 is 4.90 Å². The molecule has 6 atom stereocenters. The Labute approximate surface area is 245 Å². The van der Waals surface area contributed by atoms with Gasteiger partial charge < -0.3 is 15.2 Å². The summed E-state index contributed by atoms with van der Waals surface area (Å²) in [6, 6.07) is 9.34. The number of hydrogen-bond acceptors (Lipinski definition) is 5. The molecule has 1 unspecified atom stereocenters. The van der Waals surface area contributed by atoms with Gasteiger partial charge in [-0.25, -0.2) is 0 Å². The summed E-state index contributed by atoms with van der Waals surface area (Å²) < 4.78 is 0. The van der Waals surface area contributed by atoms with E-state index in [1.54, 1.807) is 5.57 Å². The van der Waals surface area contributed by atoms with Crippen LogP contribution in [-0.2, 0) is 4.79 Å². The molecule has 5 heteroatoms. The van der Waals surface area contributed by atoms with Crippen molar-refractivity contribution < 1.29 is 15.1 Å². The van der Waals surface area contributed by atoms with Crippen molar-refractivity contribution in [3.63, 3.8) is 0 Å². The van der Waals surface area contributed by atoms with Gasteiger partial charge >= 0.3 is 0 Å². The van der Waals surface area contributed by atoms with E-state index >= 15 is 0 Å². The zero-order valence-electron chi connectivity index (χ0n) is 25.1. The first-order valence-corrected chi connectivity index (χ1v) is 16.0. The quantitative estimate of drug-likeness (QED) is 0.238. The lowest BCUT2D eigenvalue weighted by Crippen LogP contribution is -2.51. The van der Waals surface area contributed by atoms with Gasteiger partial charge in [0, 0.05) is 31.1 Å². The average molecular weight is 555 g/mol. The van der Waals surface area contributed by atoms with E-state index in [1.165, 1.54) is 41.7 Å². The predicted octanol–water partition coefficient (Wildman–Crippen LogP) is 7.04. The molecule has 0 radical (unpaired) electrons. The molecule has 0 aromatic heterocycles. The Balaban J connectivity index is 1.50. The van der Waals surface area contributed by atoms with Crippen LogP contribution in [0.4, 0.5) is 5.69 Å². The van der Waals surface area contributed by atoms with Crippen LogP contribution in [-0.4, -0.2) is 41.5 Å². The summed E-state index contributed by atoms with van der Waals surface area (Å²) in [6.07, 6.45) is 11.9. The van der Waals surface area contributed by atoms with E-state index in [2.05, 4.69) is 66.1 Å². The maximum absolute atomic E-state index is 13.8. The maximum atomic E-state index is 13.8. The van der Waals surface area contributed by atoms with Gasteiger partial charge in [-0.1, -0.05) is 55.5 Å². The number of aliphatic hydroxyl groups excluding tert-OH is 1. The smallest absolute Gasteiger partial charge is 0.151 e. The lowest BCUT2D eigenvalue weighted by molar-refractivity contribution is -0.132. The van der Waals surface area contributed by atoms with Crippen LogP contribution in [0.15, 0.2) is 52.2 Å². The number of allylic oxidation sites excluding steroid dienone is 4. The van der Waals surface area contributed by atoms with Crippen molar-refractivity contribution in [2.45, 2.75) is 90.9 Å². The fourth-order valence-electron chi connectivity index (χ4n) is 9.66. The maximum Gasteiger partial charge on any atom is 0.151 e. The number of rotatable bonds is 4.